The molecule has 4 rings (SSSR count). The van der Waals surface area contributed by atoms with Crippen LogP contribution in [0.3, 0.4) is 0 Å². The predicted octanol–water partition coefficient (Wildman–Crippen LogP) is 4.07. The van der Waals surface area contributed by atoms with Crippen LogP contribution in [0, 0.1) is 0 Å². The van der Waals surface area contributed by atoms with E-state index in [0.29, 0.717) is 11.3 Å². The summed E-state index contributed by atoms with van der Waals surface area (Å²) in [6.07, 6.45) is 3.19. The summed E-state index contributed by atoms with van der Waals surface area (Å²) in [5.41, 5.74) is 1.41. The molecule has 2 aromatic carbocycles. The number of ketones is 1. The normalized spacial score (nSPS) is 17.6. The molecular formula is C24H19ClN2O5. The molecule has 0 bridgehead atoms. The molecule has 0 spiro atoms. The second-order valence-corrected chi connectivity index (χ2v) is 7.63. The van der Waals surface area contributed by atoms with Crippen LogP contribution in [-0.4, -0.2) is 38.9 Å². The van der Waals surface area contributed by atoms with E-state index in [0.717, 1.165) is 5.56 Å². The molecule has 1 atom stereocenters. The van der Waals surface area contributed by atoms with Crippen LogP contribution in [0.15, 0.2) is 72.6 Å². The van der Waals surface area contributed by atoms with Crippen molar-refractivity contribution in [3.8, 4) is 11.5 Å². The van der Waals surface area contributed by atoms with Gasteiger partial charge >= 0.3 is 0 Å². The van der Waals surface area contributed by atoms with Gasteiger partial charge in [-0.3, -0.25) is 14.6 Å². The Morgan fingerprint density at radius 1 is 1.09 bits per heavy atom. The smallest absolute Gasteiger partial charge is 0.295 e. The van der Waals surface area contributed by atoms with Gasteiger partial charge in [-0.05, 0) is 53.6 Å². The third-order valence-electron chi connectivity index (χ3n) is 5.28. The Balaban J connectivity index is 1.89. The van der Waals surface area contributed by atoms with Crippen molar-refractivity contribution in [2.24, 2.45) is 0 Å². The summed E-state index contributed by atoms with van der Waals surface area (Å²) in [6.45, 7) is 0.126. The Labute approximate surface area is 189 Å². The number of pyridine rings is 1. The van der Waals surface area contributed by atoms with Crippen LogP contribution in [0.1, 0.15) is 22.7 Å². The van der Waals surface area contributed by atoms with Crippen molar-refractivity contribution in [1.29, 1.82) is 0 Å². The minimum atomic E-state index is -0.883. The van der Waals surface area contributed by atoms with E-state index in [4.69, 9.17) is 16.3 Å². The number of halogens is 1. The van der Waals surface area contributed by atoms with Crippen molar-refractivity contribution in [3.05, 3.63) is 94.3 Å². The average Bonchev–Trinajstić information content (AvgIpc) is 3.05. The topological polar surface area (TPSA) is 100.0 Å². The zero-order valence-electron chi connectivity index (χ0n) is 17.0. The summed E-state index contributed by atoms with van der Waals surface area (Å²) in [5.74, 6) is -1.50. The van der Waals surface area contributed by atoms with Gasteiger partial charge in [-0.15, -0.1) is 0 Å². The summed E-state index contributed by atoms with van der Waals surface area (Å²) < 4.78 is 5.21. The molecule has 0 radical (unpaired) electrons. The largest absolute Gasteiger partial charge is 0.508 e. The van der Waals surface area contributed by atoms with Gasteiger partial charge in [0.05, 0.1) is 23.7 Å². The molecule has 1 fully saturated rings. The number of aromatic nitrogens is 1. The van der Waals surface area contributed by atoms with Gasteiger partial charge in [0, 0.05) is 24.5 Å². The third kappa shape index (κ3) is 3.90. The Kier molecular flexibility index (Phi) is 5.83. The number of ether oxygens (including phenoxy) is 1. The van der Waals surface area contributed by atoms with Gasteiger partial charge < -0.3 is 19.8 Å². The highest BCUT2D eigenvalue weighted by molar-refractivity contribution is 6.47. The van der Waals surface area contributed by atoms with Crippen molar-refractivity contribution >= 4 is 29.1 Å². The molecule has 7 nitrogen and oxygen atoms in total. The summed E-state index contributed by atoms with van der Waals surface area (Å²) in [4.78, 5) is 31.5. The van der Waals surface area contributed by atoms with E-state index in [9.17, 15) is 19.8 Å². The van der Waals surface area contributed by atoms with E-state index >= 15 is 0 Å². The molecule has 1 aromatic heterocycles. The lowest BCUT2D eigenvalue weighted by atomic mass is 9.95. The molecule has 162 valence electrons. The molecule has 0 saturated carbocycles. The van der Waals surface area contributed by atoms with Crippen LogP contribution in [0.25, 0.3) is 5.76 Å². The maximum absolute atomic E-state index is 13.1. The van der Waals surface area contributed by atoms with E-state index < -0.39 is 23.5 Å². The highest BCUT2D eigenvalue weighted by Gasteiger charge is 2.46. The number of phenolic OH excluding ortho intramolecular Hbond substituents is 1. The number of carbonyl (C=O) groups excluding carboxylic acids is 2. The standard InChI is InChI=1S/C24H19ClN2O5/c1-32-17-6-7-19(25)18(12-17)22(29)20-21(15-2-4-16(28)5-3-15)27(24(31)23(20)30)13-14-8-10-26-11-9-14/h2-12,21,28-29H,13H2,1H3/b22-20+. The number of Topliss-reactive ketones (excluding diaryl/α,β-unsaturated/α-hetero) is 1. The van der Waals surface area contributed by atoms with Crippen molar-refractivity contribution < 1.29 is 24.5 Å². The van der Waals surface area contributed by atoms with Crippen LogP contribution in [0.4, 0.5) is 0 Å². The Morgan fingerprint density at radius 2 is 1.78 bits per heavy atom. The number of rotatable bonds is 5. The van der Waals surface area contributed by atoms with E-state index in [1.165, 1.54) is 36.3 Å². The number of phenols is 1. The fraction of sp³-hybridized carbons (Fsp3) is 0.125. The van der Waals surface area contributed by atoms with Gasteiger partial charge in [-0.25, -0.2) is 0 Å². The lowest BCUT2D eigenvalue weighted by Gasteiger charge is -2.25. The number of aliphatic hydroxyl groups is 1. The molecule has 8 heteroatoms. The van der Waals surface area contributed by atoms with Crippen molar-refractivity contribution in [2.45, 2.75) is 12.6 Å². The Morgan fingerprint density at radius 3 is 2.44 bits per heavy atom. The fourth-order valence-corrected chi connectivity index (χ4v) is 3.90. The van der Waals surface area contributed by atoms with E-state index in [1.54, 1.807) is 42.7 Å². The first-order chi connectivity index (χ1) is 15.4. The van der Waals surface area contributed by atoms with Crippen LogP contribution in [-0.2, 0) is 16.1 Å². The molecule has 1 amide bonds. The second kappa shape index (κ2) is 8.72. The predicted molar refractivity (Wildman–Crippen MR) is 118 cm³/mol. The van der Waals surface area contributed by atoms with Crippen LogP contribution >= 0.6 is 11.6 Å². The summed E-state index contributed by atoms with van der Waals surface area (Å²) in [5, 5.41) is 21.1. The summed E-state index contributed by atoms with van der Waals surface area (Å²) in [6, 6.07) is 13.4. The van der Waals surface area contributed by atoms with Gasteiger partial charge in [-0.1, -0.05) is 23.7 Å². The highest BCUT2D eigenvalue weighted by atomic mass is 35.5. The number of likely N-dealkylation sites (tertiary alicyclic amines) is 1. The number of hydrogen-bond donors (Lipinski definition) is 2. The van der Waals surface area contributed by atoms with E-state index in [-0.39, 0.29) is 28.5 Å². The number of benzene rings is 2. The molecule has 1 aliphatic rings. The summed E-state index contributed by atoms with van der Waals surface area (Å²) in [7, 11) is 1.47. The molecule has 1 unspecified atom stereocenters. The molecule has 2 N–H and O–H groups in total. The van der Waals surface area contributed by atoms with Crippen LogP contribution in [0.2, 0.25) is 5.02 Å². The minimum Gasteiger partial charge on any atom is -0.508 e. The van der Waals surface area contributed by atoms with E-state index in [2.05, 4.69) is 4.98 Å². The van der Waals surface area contributed by atoms with Crippen molar-refractivity contribution in [3.63, 3.8) is 0 Å². The Hall–Kier alpha value is -3.84. The number of methoxy groups -OCH3 is 1. The average molecular weight is 451 g/mol. The molecule has 1 saturated heterocycles. The maximum atomic E-state index is 13.1. The van der Waals surface area contributed by atoms with Gasteiger partial charge in [-0.2, -0.15) is 0 Å². The SMILES string of the molecule is COc1ccc(Cl)c(/C(O)=C2\C(=O)C(=O)N(Cc3ccncc3)C2c2ccc(O)cc2)c1. The van der Waals surface area contributed by atoms with Crippen LogP contribution < -0.4 is 4.74 Å². The quantitative estimate of drug-likeness (QED) is 0.345. The monoisotopic (exact) mass is 450 g/mol. The van der Waals surface area contributed by atoms with Gasteiger partial charge in [0.15, 0.2) is 0 Å². The van der Waals surface area contributed by atoms with Crippen molar-refractivity contribution in [1.82, 2.24) is 9.88 Å². The highest BCUT2D eigenvalue weighted by Crippen LogP contribution is 2.42. The number of amides is 1. The van der Waals surface area contributed by atoms with Gasteiger partial charge in [0.2, 0.25) is 0 Å². The molecule has 32 heavy (non-hydrogen) atoms. The molecule has 3 aromatic rings. The zero-order chi connectivity index (χ0) is 22.8. The molecule has 0 aliphatic carbocycles. The number of carbonyl (C=O) groups is 2. The summed E-state index contributed by atoms with van der Waals surface area (Å²) >= 11 is 6.29. The number of hydrogen-bond acceptors (Lipinski definition) is 6. The molecule has 2 heterocycles. The second-order valence-electron chi connectivity index (χ2n) is 7.22. The first-order valence-electron chi connectivity index (χ1n) is 9.71. The number of aromatic hydroxyl groups is 1. The van der Waals surface area contributed by atoms with Gasteiger partial charge in [0.1, 0.15) is 17.3 Å². The molecule has 1 aliphatic heterocycles. The van der Waals surface area contributed by atoms with Crippen molar-refractivity contribution in [2.75, 3.05) is 7.11 Å². The van der Waals surface area contributed by atoms with Gasteiger partial charge in [0.25, 0.3) is 11.7 Å². The number of aliphatic hydroxyl groups excluding tert-OH is 1. The van der Waals surface area contributed by atoms with E-state index in [1.807, 2.05) is 0 Å². The molecular weight excluding hydrogens is 432 g/mol. The fourth-order valence-electron chi connectivity index (χ4n) is 3.69. The Bertz CT molecular complexity index is 1210. The lowest BCUT2D eigenvalue weighted by molar-refractivity contribution is -0.140. The minimum absolute atomic E-state index is 0.0377. The first kappa shape index (κ1) is 21.4. The van der Waals surface area contributed by atoms with Crippen LogP contribution in [0.5, 0.6) is 11.5 Å². The third-order valence-corrected chi connectivity index (χ3v) is 5.61. The first-order valence-corrected chi connectivity index (χ1v) is 10.1. The lowest BCUT2D eigenvalue weighted by Crippen LogP contribution is -2.29. The maximum Gasteiger partial charge on any atom is 0.295 e. The number of nitrogens with zero attached hydrogens (tertiary/aromatic N) is 2. The zero-order valence-corrected chi connectivity index (χ0v) is 17.8.